The monoisotopic (exact) mass is 292 g/mol. The fourth-order valence-corrected chi connectivity index (χ4v) is 1.94. The molecule has 1 rings (SSSR count). The van der Waals surface area contributed by atoms with Crippen molar-refractivity contribution in [3.8, 4) is 6.19 Å². The normalized spacial score (nSPS) is 11.1. The van der Waals surface area contributed by atoms with Crippen LogP contribution >= 0.6 is 11.3 Å². The van der Waals surface area contributed by atoms with Gasteiger partial charge < -0.3 is 21.7 Å². The van der Waals surface area contributed by atoms with Crippen molar-refractivity contribution >= 4 is 34.5 Å². The first kappa shape index (κ1) is 15.5. The smallest absolute Gasteiger partial charge is 0.209 e. The van der Waals surface area contributed by atoms with Gasteiger partial charge in [0, 0.05) is 19.0 Å². The van der Waals surface area contributed by atoms with Gasteiger partial charge in [0.25, 0.3) is 0 Å². The predicted octanol–water partition coefficient (Wildman–Crippen LogP) is 0.498. The molecule has 0 aromatic carbocycles. The van der Waals surface area contributed by atoms with E-state index >= 15 is 0 Å². The van der Waals surface area contributed by atoms with E-state index in [9.17, 15) is 0 Å². The molecule has 6 N–H and O–H groups in total. The van der Waals surface area contributed by atoms with E-state index in [0.717, 1.165) is 12.1 Å². The van der Waals surface area contributed by atoms with E-state index in [0.29, 0.717) is 17.6 Å². The average molecular weight is 292 g/mol. The lowest BCUT2D eigenvalue weighted by Crippen LogP contribution is -2.34. The molecule has 0 atom stereocenters. The highest BCUT2D eigenvalue weighted by Crippen LogP contribution is 2.15. The Kier molecular flexibility index (Phi) is 6.56. The Morgan fingerprint density at radius 3 is 3.15 bits per heavy atom. The topological polar surface area (TPSA) is 135 Å². The van der Waals surface area contributed by atoms with E-state index in [-0.39, 0.29) is 5.96 Å². The maximum Gasteiger partial charge on any atom is 0.209 e. The van der Waals surface area contributed by atoms with Crippen molar-refractivity contribution in [3.05, 3.63) is 17.2 Å². The minimum atomic E-state index is -0.129. The van der Waals surface area contributed by atoms with Crippen molar-refractivity contribution in [2.45, 2.75) is 6.42 Å². The Morgan fingerprint density at radius 1 is 1.70 bits per heavy atom. The van der Waals surface area contributed by atoms with E-state index in [1.807, 2.05) is 17.5 Å². The summed E-state index contributed by atoms with van der Waals surface area (Å²) in [7, 11) is 1.69. The van der Waals surface area contributed by atoms with Crippen LogP contribution in [0.1, 0.15) is 12.1 Å². The number of hydrogen-bond acceptors (Lipinski definition) is 5. The quantitative estimate of drug-likeness (QED) is 0.232. The van der Waals surface area contributed by atoms with Crippen LogP contribution in [0.15, 0.2) is 16.4 Å². The number of guanidine groups is 2. The number of anilines is 1. The van der Waals surface area contributed by atoms with Gasteiger partial charge in [-0.3, -0.25) is 5.41 Å². The molecule has 1 heterocycles. The summed E-state index contributed by atoms with van der Waals surface area (Å²) in [6.45, 7) is 0.653. The standard InChI is InChI=1S/C11H16N8S/c1-15-10(17-7-12)16-5-3-2-4-8-6-20-11(18-8)19-9(13)14/h2,4,6H,3,5H2,1H3,(H2,15,16,17)(H4,13,14,18,19). The van der Waals surface area contributed by atoms with Crippen molar-refractivity contribution in [2.24, 2.45) is 10.7 Å². The zero-order valence-electron chi connectivity index (χ0n) is 11.0. The summed E-state index contributed by atoms with van der Waals surface area (Å²) in [5.74, 6) is 0.318. The summed E-state index contributed by atoms with van der Waals surface area (Å²) in [6.07, 6.45) is 6.31. The highest BCUT2D eigenvalue weighted by molar-refractivity contribution is 7.14. The van der Waals surface area contributed by atoms with Crippen LogP contribution < -0.4 is 21.7 Å². The van der Waals surface area contributed by atoms with Crippen LogP contribution in [-0.2, 0) is 0 Å². The van der Waals surface area contributed by atoms with Gasteiger partial charge in [-0.25, -0.2) is 4.98 Å². The first-order valence-electron chi connectivity index (χ1n) is 5.77. The molecule has 0 saturated heterocycles. The number of nitrogens with zero attached hydrogens (tertiary/aromatic N) is 3. The van der Waals surface area contributed by atoms with Crippen molar-refractivity contribution in [1.29, 1.82) is 10.7 Å². The van der Waals surface area contributed by atoms with Crippen molar-refractivity contribution < 1.29 is 0 Å². The fourth-order valence-electron chi connectivity index (χ4n) is 1.25. The van der Waals surface area contributed by atoms with Crippen LogP contribution in [0.5, 0.6) is 0 Å². The van der Waals surface area contributed by atoms with E-state index < -0.39 is 0 Å². The molecular weight excluding hydrogens is 276 g/mol. The van der Waals surface area contributed by atoms with E-state index in [1.54, 1.807) is 13.2 Å². The van der Waals surface area contributed by atoms with Gasteiger partial charge in [0.2, 0.25) is 12.2 Å². The lowest BCUT2D eigenvalue weighted by atomic mass is 10.3. The summed E-state index contributed by atoms with van der Waals surface area (Å²) < 4.78 is 0. The van der Waals surface area contributed by atoms with Crippen LogP contribution in [0.2, 0.25) is 0 Å². The van der Waals surface area contributed by atoms with Gasteiger partial charge in [0.15, 0.2) is 11.1 Å². The molecule has 0 aliphatic rings. The van der Waals surface area contributed by atoms with Crippen molar-refractivity contribution in [3.63, 3.8) is 0 Å². The third kappa shape index (κ3) is 5.83. The number of nitriles is 1. The van der Waals surface area contributed by atoms with Crippen LogP contribution in [0.25, 0.3) is 6.08 Å². The summed E-state index contributed by atoms with van der Waals surface area (Å²) >= 11 is 1.38. The molecule has 9 heteroatoms. The minimum absolute atomic E-state index is 0.129. The van der Waals surface area contributed by atoms with E-state index in [1.165, 1.54) is 11.3 Å². The number of nitrogens with two attached hydrogens (primary N) is 1. The molecule has 0 aliphatic carbocycles. The molecule has 1 aromatic heterocycles. The number of rotatable bonds is 5. The lowest BCUT2D eigenvalue weighted by molar-refractivity contribution is 0.856. The molecule has 0 bridgehead atoms. The fraction of sp³-hybridized carbons (Fsp3) is 0.273. The molecule has 0 radical (unpaired) electrons. The Balaban J connectivity index is 2.35. The van der Waals surface area contributed by atoms with Crippen LogP contribution in [0.4, 0.5) is 5.13 Å². The van der Waals surface area contributed by atoms with Gasteiger partial charge in [-0.15, -0.1) is 16.3 Å². The Morgan fingerprint density at radius 2 is 2.50 bits per heavy atom. The second kappa shape index (κ2) is 8.49. The Bertz CT molecular complexity index is 539. The van der Waals surface area contributed by atoms with E-state index in [4.69, 9.17) is 16.4 Å². The number of hydrogen-bond donors (Lipinski definition) is 5. The molecule has 0 unspecified atom stereocenters. The van der Waals surface area contributed by atoms with Crippen LogP contribution in [0.3, 0.4) is 0 Å². The van der Waals surface area contributed by atoms with Crippen LogP contribution in [0, 0.1) is 16.9 Å². The minimum Gasteiger partial charge on any atom is -0.370 e. The molecule has 1 aromatic rings. The first-order valence-corrected chi connectivity index (χ1v) is 6.65. The maximum absolute atomic E-state index is 8.42. The lowest BCUT2D eigenvalue weighted by Gasteiger charge is -2.04. The molecule has 106 valence electrons. The predicted molar refractivity (Wildman–Crippen MR) is 81.4 cm³/mol. The third-order valence-corrected chi connectivity index (χ3v) is 2.83. The van der Waals surface area contributed by atoms with Gasteiger partial charge >= 0.3 is 0 Å². The summed E-state index contributed by atoms with van der Waals surface area (Å²) in [5.41, 5.74) is 6.02. The number of nitrogens with one attached hydrogen (secondary N) is 4. The number of aromatic nitrogens is 1. The zero-order valence-corrected chi connectivity index (χ0v) is 11.8. The molecule has 0 fully saturated rings. The molecule has 0 spiro atoms. The number of aliphatic imine (C=N–C) groups is 1. The molecule has 0 aliphatic heterocycles. The summed E-state index contributed by atoms with van der Waals surface area (Å²) in [5, 5.41) is 26.4. The molecule has 20 heavy (non-hydrogen) atoms. The summed E-state index contributed by atoms with van der Waals surface area (Å²) in [4.78, 5) is 7.78. The number of thiazole rings is 1. The highest BCUT2D eigenvalue weighted by atomic mass is 32.1. The summed E-state index contributed by atoms with van der Waals surface area (Å²) in [6, 6.07) is 0. The van der Waals surface area contributed by atoms with Crippen molar-refractivity contribution in [1.82, 2.24) is 15.6 Å². The van der Waals surface area contributed by atoms with Gasteiger partial charge in [-0.2, -0.15) is 5.26 Å². The third-order valence-electron chi connectivity index (χ3n) is 2.05. The van der Waals surface area contributed by atoms with Gasteiger partial charge in [0.1, 0.15) is 0 Å². The maximum atomic E-state index is 8.42. The van der Waals surface area contributed by atoms with Gasteiger partial charge in [-0.1, -0.05) is 6.08 Å². The average Bonchev–Trinajstić information content (AvgIpc) is 2.83. The second-order valence-corrected chi connectivity index (χ2v) is 4.40. The van der Waals surface area contributed by atoms with Crippen molar-refractivity contribution in [2.75, 3.05) is 18.9 Å². The van der Waals surface area contributed by atoms with Gasteiger partial charge in [-0.05, 0) is 12.5 Å². The molecule has 0 saturated carbocycles. The first-order chi connectivity index (χ1) is 9.65. The highest BCUT2D eigenvalue weighted by Gasteiger charge is 1.99. The molecule has 0 amide bonds. The van der Waals surface area contributed by atoms with Crippen LogP contribution in [-0.4, -0.2) is 30.5 Å². The molecule has 8 nitrogen and oxygen atoms in total. The van der Waals surface area contributed by atoms with E-state index in [2.05, 4.69) is 25.9 Å². The van der Waals surface area contributed by atoms with Gasteiger partial charge in [0.05, 0.1) is 5.69 Å². The Labute approximate surface area is 120 Å². The Hall–Kier alpha value is -2.60. The zero-order chi connectivity index (χ0) is 14.8. The molecular formula is C11H16N8S. The SMILES string of the molecule is CN/C(=N\C#N)NCCC=Cc1csc(NC(=N)N)n1. The second-order valence-electron chi connectivity index (χ2n) is 3.54. The largest absolute Gasteiger partial charge is 0.370 e.